The van der Waals surface area contributed by atoms with Crippen LogP contribution in [0.4, 0.5) is 0 Å². The minimum absolute atomic E-state index is 0.0779. The Bertz CT molecular complexity index is 573. The average Bonchev–Trinajstić information content (AvgIpc) is 3.31. The van der Waals surface area contributed by atoms with Gasteiger partial charge >= 0.3 is 0 Å². The molecule has 2 fully saturated rings. The molecule has 2 heterocycles. The van der Waals surface area contributed by atoms with Crippen molar-refractivity contribution in [1.29, 1.82) is 0 Å². The standard InChI is InChI=1S/C17H27N5O2/c1-21-12-15(10-20-21)17(24)19-9-14-4-6-22(7-5-14)16(23)11-18-8-13-2-3-13/h10,12-14,18H,2-9,11H2,1H3,(H,19,24). The molecule has 1 aliphatic carbocycles. The third-order valence-corrected chi connectivity index (χ3v) is 4.89. The summed E-state index contributed by atoms with van der Waals surface area (Å²) in [5.41, 5.74) is 0.590. The van der Waals surface area contributed by atoms with E-state index in [0.29, 0.717) is 24.6 Å². The lowest BCUT2D eigenvalue weighted by Gasteiger charge is -2.32. The molecule has 2 aliphatic rings. The number of carbonyl (C=O) groups is 2. The van der Waals surface area contributed by atoms with Crippen LogP contribution in [0.3, 0.4) is 0 Å². The summed E-state index contributed by atoms with van der Waals surface area (Å²) in [5.74, 6) is 1.36. The van der Waals surface area contributed by atoms with E-state index in [1.807, 2.05) is 4.90 Å². The molecular formula is C17H27N5O2. The Morgan fingerprint density at radius 3 is 2.50 bits per heavy atom. The lowest BCUT2D eigenvalue weighted by atomic mass is 9.96. The van der Waals surface area contributed by atoms with E-state index in [2.05, 4.69) is 15.7 Å². The van der Waals surface area contributed by atoms with Crippen LogP contribution in [0.2, 0.25) is 0 Å². The molecule has 3 rings (SSSR count). The first-order valence-corrected chi connectivity index (χ1v) is 8.87. The zero-order valence-corrected chi connectivity index (χ0v) is 14.3. The zero-order chi connectivity index (χ0) is 16.9. The number of rotatable bonds is 7. The highest BCUT2D eigenvalue weighted by atomic mass is 16.2. The molecule has 0 bridgehead atoms. The highest BCUT2D eigenvalue weighted by molar-refractivity contribution is 5.93. The quantitative estimate of drug-likeness (QED) is 0.756. The highest BCUT2D eigenvalue weighted by Gasteiger charge is 2.24. The van der Waals surface area contributed by atoms with Crippen LogP contribution < -0.4 is 10.6 Å². The number of nitrogens with zero attached hydrogens (tertiary/aromatic N) is 3. The van der Waals surface area contributed by atoms with E-state index in [1.54, 1.807) is 24.1 Å². The van der Waals surface area contributed by atoms with Gasteiger partial charge in [-0.2, -0.15) is 5.10 Å². The van der Waals surface area contributed by atoms with Gasteiger partial charge in [-0.25, -0.2) is 0 Å². The summed E-state index contributed by atoms with van der Waals surface area (Å²) in [6.45, 7) is 3.67. The van der Waals surface area contributed by atoms with E-state index in [4.69, 9.17) is 0 Å². The van der Waals surface area contributed by atoms with Crippen LogP contribution in [0.25, 0.3) is 0 Å². The Labute approximate surface area is 142 Å². The first-order valence-electron chi connectivity index (χ1n) is 8.87. The van der Waals surface area contributed by atoms with Crippen LogP contribution in [0, 0.1) is 11.8 Å². The summed E-state index contributed by atoms with van der Waals surface area (Å²) in [4.78, 5) is 26.1. The molecule has 132 valence electrons. The molecule has 1 aromatic rings. The van der Waals surface area contributed by atoms with Crippen molar-refractivity contribution >= 4 is 11.8 Å². The molecule has 1 aromatic heterocycles. The van der Waals surface area contributed by atoms with E-state index in [9.17, 15) is 9.59 Å². The molecule has 24 heavy (non-hydrogen) atoms. The largest absolute Gasteiger partial charge is 0.352 e. The predicted molar refractivity (Wildman–Crippen MR) is 90.4 cm³/mol. The van der Waals surface area contributed by atoms with Gasteiger partial charge in [0.15, 0.2) is 0 Å². The van der Waals surface area contributed by atoms with Gasteiger partial charge in [0.05, 0.1) is 18.3 Å². The van der Waals surface area contributed by atoms with Crippen LogP contribution in [0.1, 0.15) is 36.0 Å². The third-order valence-electron chi connectivity index (χ3n) is 4.89. The van der Waals surface area contributed by atoms with Crippen molar-refractivity contribution in [2.45, 2.75) is 25.7 Å². The fourth-order valence-corrected chi connectivity index (χ4v) is 3.08. The zero-order valence-electron chi connectivity index (χ0n) is 14.3. The normalized spacial score (nSPS) is 18.6. The van der Waals surface area contributed by atoms with E-state index in [-0.39, 0.29) is 11.8 Å². The molecule has 0 radical (unpaired) electrons. The fourth-order valence-electron chi connectivity index (χ4n) is 3.08. The van der Waals surface area contributed by atoms with Crippen molar-refractivity contribution in [3.05, 3.63) is 18.0 Å². The minimum Gasteiger partial charge on any atom is -0.352 e. The van der Waals surface area contributed by atoms with E-state index in [0.717, 1.165) is 38.4 Å². The number of hydrogen-bond acceptors (Lipinski definition) is 4. The van der Waals surface area contributed by atoms with Crippen molar-refractivity contribution in [2.24, 2.45) is 18.9 Å². The van der Waals surface area contributed by atoms with Gasteiger partial charge in [-0.3, -0.25) is 14.3 Å². The summed E-state index contributed by atoms with van der Waals surface area (Å²) in [6, 6.07) is 0. The Morgan fingerprint density at radius 1 is 1.17 bits per heavy atom. The molecule has 7 heteroatoms. The average molecular weight is 333 g/mol. The molecule has 1 saturated carbocycles. The van der Waals surface area contributed by atoms with Crippen molar-refractivity contribution in [2.75, 3.05) is 32.7 Å². The van der Waals surface area contributed by atoms with Gasteiger partial charge in [-0.15, -0.1) is 0 Å². The summed E-state index contributed by atoms with van der Waals surface area (Å²) in [5, 5.41) is 10.2. The van der Waals surface area contributed by atoms with Crippen LogP contribution in [-0.2, 0) is 11.8 Å². The number of aryl methyl sites for hydroxylation is 1. The monoisotopic (exact) mass is 333 g/mol. The molecule has 7 nitrogen and oxygen atoms in total. The smallest absolute Gasteiger partial charge is 0.254 e. The number of carbonyl (C=O) groups excluding carboxylic acids is 2. The van der Waals surface area contributed by atoms with E-state index >= 15 is 0 Å². The fraction of sp³-hybridized carbons (Fsp3) is 0.706. The van der Waals surface area contributed by atoms with Gasteiger partial charge in [0, 0.05) is 32.9 Å². The lowest BCUT2D eigenvalue weighted by Crippen LogP contribution is -2.44. The first kappa shape index (κ1) is 17.0. The maximum absolute atomic E-state index is 12.1. The van der Waals surface area contributed by atoms with Gasteiger partial charge in [-0.05, 0) is 44.1 Å². The molecule has 0 unspecified atom stereocenters. The Kier molecular flexibility index (Phi) is 5.50. The predicted octanol–water partition coefficient (Wildman–Crippen LogP) is 0.388. The van der Waals surface area contributed by atoms with Gasteiger partial charge in [-0.1, -0.05) is 0 Å². The summed E-state index contributed by atoms with van der Waals surface area (Å²) >= 11 is 0. The van der Waals surface area contributed by atoms with Crippen LogP contribution in [-0.4, -0.2) is 59.2 Å². The van der Waals surface area contributed by atoms with Crippen molar-refractivity contribution in [1.82, 2.24) is 25.3 Å². The Hall–Kier alpha value is -1.89. The number of amides is 2. The molecular weight excluding hydrogens is 306 g/mol. The number of hydrogen-bond donors (Lipinski definition) is 2. The van der Waals surface area contributed by atoms with Gasteiger partial charge in [0.2, 0.25) is 5.91 Å². The van der Waals surface area contributed by atoms with Crippen LogP contribution in [0.5, 0.6) is 0 Å². The van der Waals surface area contributed by atoms with Crippen LogP contribution in [0.15, 0.2) is 12.4 Å². The second-order valence-electron chi connectivity index (χ2n) is 7.01. The molecule has 1 aliphatic heterocycles. The minimum atomic E-state index is -0.0779. The molecule has 0 aromatic carbocycles. The summed E-state index contributed by atoms with van der Waals surface area (Å²) < 4.78 is 1.62. The second-order valence-corrected chi connectivity index (χ2v) is 7.01. The third kappa shape index (κ3) is 4.80. The van der Waals surface area contributed by atoms with E-state index < -0.39 is 0 Å². The molecule has 1 saturated heterocycles. The number of nitrogens with one attached hydrogen (secondary N) is 2. The van der Waals surface area contributed by atoms with E-state index in [1.165, 1.54) is 12.8 Å². The Morgan fingerprint density at radius 2 is 1.88 bits per heavy atom. The molecule has 0 spiro atoms. The van der Waals surface area contributed by atoms with Crippen molar-refractivity contribution in [3.8, 4) is 0 Å². The first-order chi connectivity index (χ1) is 11.6. The van der Waals surface area contributed by atoms with Gasteiger partial charge < -0.3 is 15.5 Å². The maximum Gasteiger partial charge on any atom is 0.254 e. The Balaban J connectivity index is 1.32. The van der Waals surface area contributed by atoms with Crippen LogP contribution >= 0.6 is 0 Å². The van der Waals surface area contributed by atoms with Crippen molar-refractivity contribution in [3.63, 3.8) is 0 Å². The SMILES string of the molecule is Cn1cc(C(=O)NCC2CCN(C(=O)CNCC3CC3)CC2)cn1. The lowest BCUT2D eigenvalue weighted by molar-refractivity contribution is -0.131. The maximum atomic E-state index is 12.1. The number of likely N-dealkylation sites (tertiary alicyclic amines) is 1. The summed E-state index contributed by atoms with van der Waals surface area (Å²) in [6.07, 6.45) is 7.79. The molecule has 0 atom stereocenters. The summed E-state index contributed by atoms with van der Waals surface area (Å²) in [7, 11) is 1.79. The number of piperidine rings is 1. The second kappa shape index (κ2) is 7.79. The molecule has 2 N–H and O–H groups in total. The highest BCUT2D eigenvalue weighted by Crippen LogP contribution is 2.27. The van der Waals surface area contributed by atoms with Gasteiger partial charge in [0.25, 0.3) is 5.91 Å². The molecule has 2 amide bonds. The topological polar surface area (TPSA) is 79.3 Å². The van der Waals surface area contributed by atoms with Crippen molar-refractivity contribution < 1.29 is 9.59 Å². The number of aromatic nitrogens is 2. The van der Waals surface area contributed by atoms with Gasteiger partial charge in [0.1, 0.15) is 0 Å².